The first kappa shape index (κ1) is 23.6. The summed E-state index contributed by atoms with van der Waals surface area (Å²) in [7, 11) is 0. The standard InChI is InChI=1S/C29H34N2O4/c1-2-3-6-11-35-27-17-24(30-29(31-27)28-25(33)15-23(32)16-26(28)34)21-10-9-20-12-18-7-4-5-8-19(18)13-22(20)14-21/h4-5,7-10,12-13,17,22-23,25,29,31-34H,2-3,6,11,14-16H2,1H3. The molecule has 1 aromatic carbocycles. The Morgan fingerprint density at radius 1 is 1.06 bits per heavy atom. The van der Waals surface area contributed by atoms with Crippen molar-refractivity contribution in [2.45, 2.75) is 63.8 Å². The Labute approximate surface area is 206 Å². The molecule has 4 aliphatic rings. The van der Waals surface area contributed by atoms with E-state index < -0.39 is 18.4 Å². The third-order valence-corrected chi connectivity index (χ3v) is 7.10. The Balaban J connectivity index is 1.46. The van der Waals surface area contributed by atoms with Gasteiger partial charge in [0.1, 0.15) is 11.9 Å². The van der Waals surface area contributed by atoms with Gasteiger partial charge in [-0.1, -0.05) is 68.3 Å². The van der Waals surface area contributed by atoms with E-state index in [9.17, 15) is 15.3 Å². The number of unbranched alkanes of at least 4 members (excludes halogenated alkanes) is 2. The highest BCUT2D eigenvalue weighted by Gasteiger charge is 2.34. The highest BCUT2D eigenvalue weighted by atomic mass is 16.5. The Hall–Kier alpha value is -3.09. The van der Waals surface area contributed by atoms with Crippen LogP contribution in [0.15, 0.2) is 75.8 Å². The van der Waals surface area contributed by atoms with E-state index in [0.29, 0.717) is 18.1 Å². The molecule has 5 rings (SSSR count). The molecule has 35 heavy (non-hydrogen) atoms. The maximum Gasteiger partial charge on any atom is 0.190 e. The molecule has 1 aliphatic heterocycles. The van der Waals surface area contributed by atoms with Crippen molar-refractivity contribution in [3.63, 3.8) is 0 Å². The molecule has 4 unspecified atom stereocenters. The van der Waals surface area contributed by atoms with Crippen molar-refractivity contribution < 1.29 is 20.1 Å². The Morgan fingerprint density at radius 2 is 1.89 bits per heavy atom. The van der Waals surface area contributed by atoms with Gasteiger partial charge in [0.2, 0.25) is 0 Å². The lowest BCUT2D eigenvalue weighted by Crippen LogP contribution is -2.42. The van der Waals surface area contributed by atoms with Gasteiger partial charge >= 0.3 is 0 Å². The van der Waals surface area contributed by atoms with Gasteiger partial charge in [-0.2, -0.15) is 0 Å². The summed E-state index contributed by atoms with van der Waals surface area (Å²) >= 11 is 0. The van der Waals surface area contributed by atoms with Crippen molar-refractivity contribution in [1.82, 2.24) is 5.32 Å². The van der Waals surface area contributed by atoms with Gasteiger partial charge < -0.3 is 25.4 Å². The molecule has 1 aromatic rings. The van der Waals surface area contributed by atoms with E-state index >= 15 is 0 Å². The van der Waals surface area contributed by atoms with Gasteiger partial charge in [0.25, 0.3) is 0 Å². The lowest BCUT2D eigenvalue weighted by Gasteiger charge is -2.33. The number of benzene rings is 1. The molecule has 4 atom stereocenters. The molecular formula is C29H34N2O4. The fourth-order valence-electron chi connectivity index (χ4n) is 5.22. The summed E-state index contributed by atoms with van der Waals surface area (Å²) in [6.45, 7) is 2.74. The van der Waals surface area contributed by atoms with Crippen LogP contribution in [-0.4, -0.2) is 46.0 Å². The summed E-state index contributed by atoms with van der Waals surface area (Å²) in [6.07, 6.45) is 12.7. The molecule has 0 aromatic heterocycles. The zero-order chi connectivity index (χ0) is 24.4. The van der Waals surface area contributed by atoms with Gasteiger partial charge in [0, 0.05) is 30.4 Å². The normalized spacial score (nSPS) is 27.6. The minimum atomic E-state index is -0.967. The number of hydrogen-bond donors (Lipinski definition) is 4. The fourth-order valence-corrected chi connectivity index (χ4v) is 5.22. The van der Waals surface area contributed by atoms with E-state index in [2.05, 4.69) is 60.8 Å². The smallest absolute Gasteiger partial charge is 0.190 e. The van der Waals surface area contributed by atoms with E-state index in [-0.39, 0.29) is 24.5 Å². The van der Waals surface area contributed by atoms with Gasteiger partial charge in [0.15, 0.2) is 5.88 Å². The SMILES string of the molecule is CCCCCOC1=CC(C2=CC=C3C=c4ccccc4=CC3C2)=NC(C2=C(O)CC(O)CC2O)N1. The van der Waals surface area contributed by atoms with Crippen molar-refractivity contribution in [3.05, 3.63) is 81.3 Å². The number of rotatable bonds is 7. The van der Waals surface area contributed by atoms with Crippen molar-refractivity contribution in [3.8, 4) is 0 Å². The van der Waals surface area contributed by atoms with Crippen molar-refractivity contribution in [1.29, 1.82) is 0 Å². The first-order valence-electron chi connectivity index (χ1n) is 12.7. The first-order chi connectivity index (χ1) is 17.0. The average molecular weight is 475 g/mol. The van der Waals surface area contributed by atoms with Gasteiger partial charge in [-0.3, -0.25) is 4.99 Å². The fraction of sp³-hybridized carbons (Fsp3) is 0.414. The second-order valence-electron chi connectivity index (χ2n) is 9.75. The van der Waals surface area contributed by atoms with Gasteiger partial charge in [-0.15, -0.1) is 0 Å². The van der Waals surface area contributed by atoms with Crippen LogP contribution in [0.4, 0.5) is 0 Å². The third kappa shape index (κ3) is 5.14. The van der Waals surface area contributed by atoms with Crippen molar-refractivity contribution >= 4 is 17.9 Å². The summed E-state index contributed by atoms with van der Waals surface area (Å²) in [5.41, 5.74) is 3.58. The number of aliphatic hydroxyl groups excluding tert-OH is 3. The molecule has 0 saturated heterocycles. The number of fused-ring (bicyclic) bond motifs is 2. The second kappa shape index (κ2) is 10.3. The molecule has 4 N–H and O–H groups in total. The third-order valence-electron chi connectivity index (χ3n) is 7.10. The minimum Gasteiger partial charge on any atom is -0.512 e. The summed E-state index contributed by atoms with van der Waals surface area (Å²) in [5.74, 6) is 0.858. The largest absolute Gasteiger partial charge is 0.512 e. The van der Waals surface area contributed by atoms with Crippen molar-refractivity contribution in [2.75, 3.05) is 6.61 Å². The zero-order valence-corrected chi connectivity index (χ0v) is 20.2. The highest BCUT2D eigenvalue weighted by Crippen LogP contribution is 2.33. The molecule has 184 valence electrons. The predicted octanol–water partition coefficient (Wildman–Crippen LogP) is 2.88. The van der Waals surface area contributed by atoms with E-state index in [1.165, 1.54) is 16.0 Å². The zero-order valence-electron chi connectivity index (χ0n) is 20.2. The number of aliphatic hydroxyl groups is 3. The van der Waals surface area contributed by atoms with Crippen LogP contribution in [0.25, 0.3) is 12.2 Å². The topological polar surface area (TPSA) is 94.3 Å². The number of nitrogens with one attached hydrogen (secondary N) is 1. The van der Waals surface area contributed by atoms with Crippen LogP contribution in [0.5, 0.6) is 0 Å². The summed E-state index contributed by atoms with van der Waals surface area (Å²) in [4.78, 5) is 4.90. The predicted molar refractivity (Wildman–Crippen MR) is 138 cm³/mol. The molecule has 0 radical (unpaired) electrons. The Bertz CT molecular complexity index is 1250. The van der Waals surface area contributed by atoms with Crippen LogP contribution in [0.3, 0.4) is 0 Å². The van der Waals surface area contributed by atoms with Crippen LogP contribution in [0, 0.1) is 5.92 Å². The molecule has 6 heteroatoms. The highest BCUT2D eigenvalue weighted by molar-refractivity contribution is 6.09. The minimum absolute atomic E-state index is 0.00397. The molecule has 0 bridgehead atoms. The van der Waals surface area contributed by atoms with E-state index in [0.717, 1.165) is 37.0 Å². The number of hydrogen-bond acceptors (Lipinski definition) is 6. The van der Waals surface area contributed by atoms with Crippen LogP contribution >= 0.6 is 0 Å². The van der Waals surface area contributed by atoms with Gasteiger partial charge in [-0.05, 0) is 34.4 Å². The molecule has 0 spiro atoms. The molecular weight excluding hydrogens is 440 g/mol. The number of allylic oxidation sites excluding steroid dienone is 5. The molecule has 0 fully saturated rings. The quantitative estimate of drug-likeness (QED) is 0.456. The van der Waals surface area contributed by atoms with E-state index in [1.54, 1.807) is 0 Å². The lowest BCUT2D eigenvalue weighted by molar-refractivity contribution is 0.0658. The van der Waals surface area contributed by atoms with Gasteiger partial charge in [-0.25, -0.2) is 0 Å². The summed E-state index contributed by atoms with van der Waals surface area (Å²) in [5, 5.41) is 36.9. The van der Waals surface area contributed by atoms with E-state index in [1.807, 2.05) is 6.08 Å². The van der Waals surface area contributed by atoms with Crippen LogP contribution in [0.1, 0.15) is 45.4 Å². The molecule has 0 saturated carbocycles. The molecule has 6 nitrogen and oxygen atoms in total. The maximum absolute atomic E-state index is 10.7. The first-order valence-corrected chi connectivity index (χ1v) is 12.7. The number of nitrogens with zero attached hydrogens (tertiary/aromatic N) is 1. The second-order valence-corrected chi connectivity index (χ2v) is 9.75. The van der Waals surface area contributed by atoms with E-state index in [4.69, 9.17) is 9.73 Å². The van der Waals surface area contributed by atoms with Crippen LogP contribution < -0.4 is 15.8 Å². The van der Waals surface area contributed by atoms with Gasteiger partial charge in [0.05, 0.1) is 24.5 Å². The Morgan fingerprint density at radius 3 is 2.69 bits per heavy atom. The van der Waals surface area contributed by atoms with Crippen LogP contribution in [0.2, 0.25) is 0 Å². The molecule has 1 heterocycles. The average Bonchev–Trinajstić information content (AvgIpc) is 2.84. The Kier molecular flexibility index (Phi) is 6.93. The summed E-state index contributed by atoms with van der Waals surface area (Å²) in [6, 6.07) is 8.42. The number of aliphatic imine (C=N–C) groups is 1. The lowest BCUT2D eigenvalue weighted by atomic mass is 9.81. The molecule has 3 aliphatic carbocycles. The van der Waals surface area contributed by atoms with Crippen molar-refractivity contribution in [2.24, 2.45) is 10.9 Å². The summed E-state index contributed by atoms with van der Waals surface area (Å²) < 4.78 is 6.05. The monoisotopic (exact) mass is 474 g/mol. The van der Waals surface area contributed by atoms with Crippen LogP contribution in [-0.2, 0) is 4.74 Å². The number of ether oxygens (including phenoxy) is 1. The maximum atomic E-state index is 10.7. The molecule has 0 amide bonds.